The Morgan fingerprint density at radius 3 is 1.25 bits per heavy atom. The van der Waals surface area contributed by atoms with E-state index in [1.54, 1.807) is 14.2 Å². The molecule has 2 aromatic carbocycles. The summed E-state index contributed by atoms with van der Waals surface area (Å²) in [5.41, 5.74) is 1.92. The summed E-state index contributed by atoms with van der Waals surface area (Å²) in [7, 11) is 3.26. The third-order valence-corrected chi connectivity index (χ3v) is 5.19. The second-order valence-electron chi connectivity index (χ2n) is 6.68. The lowest BCUT2D eigenvalue weighted by molar-refractivity contribution is 0.0979. The predicted octanol–water partition coefficient (Wildman–Crippen LogP) is 3.15. The van der Waals surface area contributed by atoms with Crippen LogP contribution in [0.2, 0.25) is 0 Å². The molecule has 6 heteroatoms. The van der Waals surface area contributed by atoms with Gasteiger partial charge in [0.2, 0.25) is 0 Å². The standard InChI is InChI=1S/C22H24N4O2/c1-27-19-7-3-17(4-8-19)21(15-23)25-11-13-26(14-12-25)22(16-24)18-5-9-20(28-2)10-6-18/h3-10,21-22H,11-14H2,1-2H3/t21-,22+. The number of rotatable bonds is 6. The summed E-state index contributed by atoms with van der Waals surface area (Å²) >= 11 is 0. The predicted molar refractivity (Wildman–Crippen MR) is 106 cm³/mol. The lowest BCUT2D eigenvalue weighted by atomic mass is 10.0. The highest BCUT2D eigenvalue weighted by Crippen LogP contribution is 2.27. The van der Waals surface area contributed by atoms with E-state index in [1.807, 2.05) is 48.5 Å². The maximum atomic E-state index is 9.71. The summed E-state index contributed by atoms with van der Waals surface area (Å²) in [6.45, 7) is 2.94. The lowest BCUT2D eigenvalue weighted by Gasteiger charge is -2.38. The number of hydrogen-bond donors (Lipinski definition) is 0. The van der Waals surface area contributed by atoms with Gasteiger partial charge in [-0.15, -0.1) is 0 Å². The smallest absolute Gasteiger partial charge is 0.123 e. The Hall–Kier alpha value is -3.06. The molecule has 0 aliphatic carbocycles. The molecule has 0 saturated carbocycles. The lowest BCUT2D eigenvalue weighted by Crippen LogP contribution is -2.48. The van der Waals surface area contributed by atoms with Gasteiger partial charge in [0.15, 0.2) is 0 Å². The van der Waals surface area contributed by atoms with Crippen molar-refractivity contribution in [3.63, 3.8) is 0 Å². The van der Waals surface area contributed by atoms with Crippen LogP contribution in [0, 0.1) is 22.7 Å². The quantitative estimate of drug-likeness (QED) is 0.771. The third-order valence-electron chi connectivity index (χ3n) is 5.19. The van der Waals surface area contributed by atoms with Crippen LogP contribution in [0.3, 0.4) is 0 Å². The Morgan fingerprint density at radius 2 is 1.00 bits per heavy atom. The first-order valence-electron chi connectivity index (χ1n) is 9.25. The SMILES string of the molecule is COc1ccc([C@@H](C#N)N2CCN([C@@H](C#N)c3ccc(OC)cc3)CC2)cc1. The van der Waals surface area contributed by atoms with E-state index in [4.69, 9.17) is 9.47 Å². The van der Waals surface area contributed by atoms with Crippen molar-refractivity contribution in [3.8, 4) is 23.6 Å². The second-order valence-corrected chi connectivity index (χ2v) is 6.68. The molecule has 0 spiro atoms. The van der Waals surface area contributed by atoms with Crippen LogP contribution >= 0.6 is 0 Å². The number of ether oxygens (including phenoxy) is 2. The molecule has 2 aromatic rings. The van der Waals surface area contributed by atoms with E-state index in [0.717, 1.165) is 48.8 Å². The van der Waals surface area contributed by atoms with Crippen LogP contribution in [-0.4, -0.2) is 50.2 Å². The van der Waals surface area contributed by atoms with Crippen LogP contribution in [0.1, 0.15) is 23.2 Å². The Balaban J connectivity index is 1.66. The first-order chi connectivity index (χ1) is 13.7. The van der Waals surface area contributed by atoms with E-state index < -0.39 is 0 Å². The number of hydrogen-bond acceptors (Lipinski definition) is 6. The molecule has 0 amide bonds. The van der Waals surface area contributed by atoms with Crippen LogP contribution < -0.4 is 9.47 Å². The average molecular weight is 376 g/mol. The fraction of sp³-hybridized carbons (Fsp3) is 0.364. The molecule has 0 unspecified atom stereocenters. The molecule has 3 rings (SSSR count). The van der Waals surface area contributed by atoms with Crippen LogP contribution in [0.4, 0.5) is 0 Å². The van der Waals surface area contributed by atoms with Crippen molar-refractivity contribution in [2.24, 2.45) is 0 Å². The fourth-order valence-corrected chi connectivity index (χ4v) is 3.56. The Morgan fingerprint density at radius 1 is 0.679 bits per heavy atom. The highest BCUT2D eigenvalue weighted by Gasteiger charge is 2.29. The van der Waals surface area contributed by atoms with E-state index >= 15 is 0 Å². The molecule has 1 heterocycles. The second kappa shape index (κ2) is 9.23. The maximum Gasteiger partial charge on any atom is 0.123 e. The van der Waals surface area contributed by atoms with Gasteiger partial charge in [-0.3, -0.25) is 9.80 Å². The van der Waals surface area contributed by atoms with Crippen molar-refractivity contribution in [3.05, 3.63) is 59.7 Å². The van der Waals surface area contributed by atoms with Gasteiger partial charge in [-0.1, -0.05) is 24.3 Å². The van der Waals surface area contributed by atoms with Crippen LogP contribution in [-0.2, 0) is 0 Å². The first kappa shape index (κ1) is 19.7. The molecule has 28 heavy (non-hydrogen) atoms. The molecule has 0 N–H and O–H groups in total. The van der Waals surface area contributed by atoms with Gasteiger partial charge in [0.05, 0.1) is 26.4 Å². The van der Waals surface area contributed by atoms with Crippen molar-refractivity contribution in [1.29, 1.82) is 10.5 Å². The third kappa shape index (κ3) is 4.26. The molecule has 0 bridgehead atoms. The Labute approximate surface area is 166 Å². The topological polar surface area (TPSA) is 72.5 Å². The summed E-state index contributed by atoms with van der Waals surface area (Å²) in [6.07, 6.45) is 0. The van der Waals surface area contributed by atoms with Gasteiger partial charge in [-0.2, -0.15) is 10.5 Å². The summed E-state index contributed by atoms with van der Waals surface area (Å²) < 4.78 is 10.4. The fourth-order valence-electron chi connectivity index (χ4n) is 3.56. The van der Waals surface area contributed by atoms with E-state index in [1.165, 1.54) is 0 Å². The van der Waals surface area contributed by atoms with E-state index in [9.17, 15) is 10.5 Å². The van der Waals surface area contributed by atoms with Gasteiger partial charge in [-0.05, 0) is 35.4 Å². The van der Waals surface area contributed by atoms with Crippen LogP contribution in [0.15, 0.2) is 48.5 Å². The molecule has 0 aromatic heterocycles. The van der Waals surface area contributed by atoms with Crippen molar-refractivity contribution in [2.75, 3.05) is 40.4 Å². The van der Waals surface area contributed by atoms with Crippen molar-refractivity contribution >= 4 is 0 Å². The van der Waals surface area contributed by atoms with Crippen molar-refractivity contribution < 1.29 is 9.47 Å². The molecular formula is C22H24N4O2. The number of benzene rings is 2. The minimum atomic E-state index is -0.297. The summed E-state index contributed by atoms with van der Waals surface area (Å²) in [5, 5.41) is 19.4. The molecule has 1 fully saturated rings. The molecule has 0 radical (unpaired) electrons. The number of piperazine rings is 1. The molecule has 1 saturated heterocycles. The van der Waals surface area contributed by atoms with E-state index in [0.29, 0.717) is 0 Å². The molecule has 6 nitrogen and oxygen atoms in total. The van der Waals surface area contributed by atoms with Gasteiger partial charge in [0.1, 0.15) is 23.6 Å². The van der Waals surface area contributed by atoms with Crippen molar-refractivity contribution in [2.45, 2.75) is 12.1 Å². The monoisotopic (exact) mass is 376 g/mol. The zero-order chi connectivity index (χ0) is 19.9. The Kier molecular flexibility index (Phi) is 6.49. The van der Waals surface area contributed by atoms with Gasteiger partial charge in [0, 0.05) is 26.2 Å². The minimum Gasteiger partial charge on any atom is -0.497 e. The van der Waals surface area contributed by atoms with Crippen molar-refractivity contribution in [1.82, 2.24) is 9.80 Å². The summed E-state index contributed by atoms with van der Waals surface area (Å²) in [4.78, 5) is 4.33. The van der Waals surface area contributed by atoms with Crippen LogP contribution in [0.5, 0.6) is 11.5 Å². The summed E-state index contributed by atoms with van der Waals surface area (Å²) in [6, 6.07) is 19.5. The number of methoxy groups -OCH3 is 2. The molecule has 2 atom stereocenters. The zero-order valence-electron chi connectivity index (χ0n) is 16.2. The average Bonchev–Trinajstić information content (AvgIpc) is 2.77. The van der Waals surface area contributed by atoms with E-state index in [2.05, 4.69) is 21.9 Å². The zero-order valence-corrected chi connectivity index (χ0v) is 16.2. The highest BCUT2D eigenvalue weighted by atomic mass is 16.5. The molecular weight excluding hydrogens is 352 g/mol. The normalized spacial score (nSPS) is 17.1. The summed E-state index contributed by atoms with van der Waals surface area (Å²) in [5.74, 6) is 1.56. The number of nitrogens with zero attached hydrogens (tertiary/aromatic N) is 4. The van der Waals surface area contributed by atoms with Crippen LogP contribution in [0.25, 0.3) is 0 Å². The number of nitriles is 2. The molecule has 1 aliphatic rings. The van der Waals surface area contributed by atoms with E-state index in [-0.39, 0.29) is 12.1 Å². The molecule has 144 valence electrons. The van der Waals surface area contributed by atoms with Gasteiger partial charge >= 0.3 is 0 Å². The van der Waals surface area contributed by atoms with Gasteiger partial charge < -0.3 is 9.47 Å². The molecule has 1 aliphatic heterocycles. The first-order valence-corrected chi connectivity index (χ1v) is 9.25. The maximum absolute atomic E-state index is 9.71. The van der Waals surface area contributed by atoms with Gasteiger partial charge in [0.25, 0.3) is 0 Å². The highest BCUT2D eigenvalue weighted by molar-refractivity contribution is 5.33. The van der Waals surface area contributed by atoms with Gasteiger partial charge in [-0.25, -0.2) is 0 Å². The minimum absolute atomic E-state index is 0.297. The Bertz CT molecular complexity index is 771. The largest absolute Gasteiger partial charge is 0.497 e.